The number of hydrogen-bond donors (Lipinski definition) is 0. The van der Waals surface area contributed by atoms with Gasteiger partial charge in [-0.25, -0.2) is 0 Å². The normalized spacial score (nSPS) is 12.0. The molecule has 0 radical (unpaired) electrons. The molecule has 1 rings (SSSR count). The van der Waals surface area contributed by atoms with Crippen LogP contribution < -0.4 is 2.89 Å². The van der Waals surface area contributed by atoms with Gasteiger partial charge in [0.05, 0.1) is 0 Å². The minimum Gasteiger partial charge on any atom is -0.0654 e. The van der Waals surface area contributed by atoms with Crippen LogP contribution in [0.4, 0.5) is 0 Å². The van der Waals surface area contributed by atoms with Crippen molar-refractivity contribution in [2.45, 2.75) is 170 Å². The molecule has 0 saturated heterocycles. The van der Waals surface area contributed by atoms with Crippen molar-refractivity contribution in [3.05, 3.63) is 16.5 Å². The van der Waals surface area contributed by atoms with Crippen molar-refractivity contribution < 1.29 is 0 Å². The van der Waals surface area contributed by atoms with Gasteiger partial charge in [0.15, 0.2) is 0 Å². The van der Waals surface area contributed by atoms with Crippen LogP contribution in [-0.4, -0.2) is 18.4 Å². The Balaban J connectivity index is 2.25. The summed E-state index contributed by atoms with van der Waals surface area (Å²) >= 11 is 0.278. The summed E-state index contributed by atoms with van der Waals surface area (Å²) < 4.78 is 1.81. The first-order valence-electron chi connectivity index (χ1n) is 15.1. The van der Waals surface area contributed by atoms with E-state index >= 15 is 0 Å². The second-order valence-corrected chi connectivity index (χ2v) is 28.2. The van der Waals surface area contributed by atoms with Crippen LogP contribution in [0.2, 0.25) is 14.8 Å². The molecule has 0 bridgehead atoms. The molecule has 1 heterocycles. The van der Waals surface area contributed by atoms with Gasteiger partial charge in [-0.3, -0.25) is 0 Å². The number of unbranched alkanes of at least 4 members (excludes halogenated alkanes) is 18. The Morgan fingerprint density at radius 1 is 0.515 bits per heavy atom. The van der Waals surface area contributed by atoms with Gasteiger partial charge >= 0.3 is 180 Å². The molecular formula is C31H60SSn. The minimum absolute atomic E-state index is 1.35. The van der Waals surface area contributed by atoms with E-state index in [-0.39, 0.29) is 0 Å². The quantitative estimate of drug-likeness (QED) is 0.0888. The Kier molecular flexibility index (Phi) is 19.7. The van der Waals surface area contributed by atoms with Gasteiger partial charge in [-0.2, -0.15) is 0 Å². The van der Waals surface area contributed by atoms with Crippen LogP contribution in [0.15, 0.2) is 6.07 Å². The van der Waals surface area contributed by atoms with E-state index < -0.39 is 18.4 Å². The fraction of sp³-hybridized carbons (Fsp3) is 0.871. The van der Waals surface area contributed by atoms with Crippen LogP contribution in [0.3, 0.4) is 0 Å². The Morgan fingerprint density at radius 2 is 0.879 bits per heavy atom. The van der Waals surface area contributed by atoms with Gasteiger partial charge < -0.3 is 0 Å². The molecule has 0 aliphatic heterocycles. The van der Waals surface area contributed by atoms with Crippen molar-refractivity contribution in [1.29, 1.82) is 0 Å². The first kappa shape index (κ1) is 31.5. The van der Waals surface area contributed by atoms with E-state index in [4.69, 9.17) is 0 Å². The molecule has 33 heavy (non-hydrogen) atoms. The molecule has 0 amide bonds. The molecule has 0 atom stereocenters. The molecule has 0 aromatic carbocycles. The molecule has 0 aliphatic rings. The van der Waals surface area contributed by atoms with Gasteiger partial charge in [0.1, 0.15) is 0 Å². The van der Waals surface area contributed by atoms with Gasteiger partial charge in [-0.1, -0.05) is 39.5 Å². The molecule has 1 aromatic rings. The zero-order valence-corrected chi connectivity index (χ0v) is 27.2. The molecule has 2 heteroatoms. The molecule has 1 aromatic heterocycles. The molecule has 0 saturated carbocycles. The Bertz CT molecular complexity index is 512. The monoisotopic (exact) mass is 584 g/mol. The zero-order valence-electron chi connectivity index (χ0n) is 23.5. The Labute approximate surface area is 218 Å². The first-order valence-corrected chi connectivity index (χ1v) is 25.9. The van der Waals surface area contributed by atoms with Gasteiger partial charge in [0.2, 0.25) is 0 Å². The average molecular weight is 584 g/mol. The Hall–Kier alpha value is 0.499. The summed E-state index contributed by atoms with van der Waals surface area (Å²) in [6.07, 6.45) is 31.6. The van der Waals surface area contributed by atoms with Crippen molar-refractivity contribution in [1.82, 2.24) is 0 Å². The summed E-state index contributed by atoms with van der Waals surface area (Å²) in [6, 6.07) is 2.67. The van der Waals surface area contributed by atoms with E-state index in [1.54, 1.807) is 10.4 Å². The van der Waals surface area contributed by atoms with Crippen LogP contribution in [0.1, 0.15) is 153 Å². The van der Waals surface area contributed by atoms with Gasteiger partial charge in [0.25, 0.3) is 0 Å². The van der Waals surface area contributed by atoms with E-state index in [9.17, 15) is 0 Å². The number of rotatable bonds is 23. The molecule has 0 spiro atoms. The van der Waals surface area contributed by atoms with E-state index in [1.165, 1.54) is 141 Å². The van der Waals surface area contributed by atoms with Crippen molar-refractivity contribution in [2.24, 2.45) is 0 Å². The molecular weight excluding hydrogens is 523 g/mol. The fourth-order valence-corrected chi connectivity index (χ4v) is 11.6. The van der Waals surface area contributed by atoms with Gasteiger partial charge in [0, 0.05) is 0 Å². The molecule has 0 aliphatic carbocycles. The third-order valence-electron chi connectivity index (χ3n) is 7.19. The molecule has 0 nitrogen and oxygen atoms in total. The number of hydrogen-bond acceptors (Lipinski definition) is 1. The molecule has 0 N–H and O–H groups in total. The van der Waals surface area contributed by atoms with Gasteiger partial charge in [-0.05, 0) is 0 Å². The van der Waals surface area contributed by atoms with Crippen molar-refractivity contribution in [2.75, 3.05) is 0 Å². The predicted octanol–water partition coefficient (Wildman–Crippen LogP) is 11.2. The van der Waals surface area contributed by atoms with Crippen molar-refractivity contribution >= 4 is 32.6 Å². The summed E-state index contributed by atoms with van der Waals surface area (Å²) in [6.45, 7) is 4.62. The maximum absolute atomic E-state index is 2.67. The molecule has 0 unspecified atom stereocenters. The smallest absolute Gasteiger partial charge is 0.0654 e. The van der Waals surface area contributed by atoms with Crippen LogP contribution in [0, 0.1) is 0 Å². The van der Waals surface area contributed by atoms with Gasteiger partial charge in [-0.15, -0.1) is 0 Å². The van der Waals surface area contributed by atoms with Crippen molar-refractivity contribution in [3.63, 3.8) is 0 Å². The second-order valence-electron chi connectivity index (χ2n) is 11.7. The molecule has 0 fully saturated rings. The number of aryl methyl sites for hydroxylation is 2. The van der Waals surface area contributed by atoms with E-state index in [1.807, 2.05) is 2.89 Å². The minimum atomic E-state index is -1.94. The van der Waals surface area contributed by atoms with E-state index in [0.29, 0.717) is 0 Å². The zero-order chi connectivity index (χ0) is 24.2. The Morgan fingerprint density at radius 3 is 1.27 bits per heavy atom. The maximum atomic E-state index is 2.67. The molecule has 194 valence electrons. The standard InChI is InChI=1S/C28H51S.3CH3.Sn/c1-3-5-7-9-11-13-15-17-19-21-23-27-25-26-29-28(27)24-22-20-18-16-14-12-10-8-6-4-2;;;;/h25H,3-24H2,1-2H3;3*1H3;. The predicted molar refractivity (Wildman–Crippen MR) is 158 cm³/mol. The number of thiophene rings is 1. The SMILES string of the molecule is CCCCCCCCCCCCc1c[c]([Sn]([CH3])([CH3])[CH3])sc1CCCCCCCCCCCC. The third kappa shape index (κ3) is 16.7. The first-order chi connectivity index (χ1) is 16.0. The fourth-order valence-electron chi connectivity index (χ4n) is 4.84. The van der Waals surface area contributed by atoms with Crippen molar-refractivity contribution in [3.8, 4) is 0 Å². The summed E-state index contributed by atoms with van der Waals surface area (Å²) in [5, 5.41) is 0. The summed E-state index contributed by atoms with van der Waals surface area (Å²) in [5.41, 5.74) is 1.75. The summed E-state index contributed by atoms with van der Waals surface area (Å²) in [7, 11) is 0. The van der Waals surface area contributed by atoms with E-state index in [2.05, 4.69) is 46.1 Å². The second kappa shape index (κ2) is 20.7. The average Bonchev–Trinajstić information content (AvgIpc) is 3.20. The van der Waals surface area contributed by atoms with Crippen LogP contribution >= 0.6 is 11.3 Å². The summed E-state index contributed by atoms with van der Waals surface area (Å²) in [4.78, 5) is 9.55. The van der Waals surface area contributed by atoms with Crippen LogP contribution in [0.5, 0.6) is 0 Å². The van der Waals surface area contributed by atoms with Crippen LogP contribution in [0.25, 0.3) is 0 Å². The van der Waals surface area contributed by atoms with E-state index in [0.717, 1.165) is 0 Å². The topological polar surface area (TPSA) is 0 Å². The summed E-state index contributed by atoms with van der Waals surface area (Å²) in [5.74, 6) is 0. The van der Waals surface area contributed by atoms with Crippen LogP contribution in [-0.2, 0) is 12.8 Å². The third-order valence-corrected chi connectivity index (χ3v) is 17.9.